The van der Waals surface area contributed by atoms with Gasteiger partial charge in [-0.05, 0) is 46.8 Å². The maximum atomic E-state index is 13.5. The van der Waals surface area contributed by atoms with Gasteiger partial charge in [-0.1, -0.05) is 18.2 Å². The largest absolute Gasteiger partial charge is 0.299 e. The fraction of sp³-hybridized carbons (Fsp3) is 0.208. The summed E-state index contributed by atoms with van der Waals surface area (Å²) >= 11 is 0. The van der Waals surface area contributed by atoms with E-state index in [9.17, 15) is 13.2 Å². The molecule has 9 nitrogen and oxygen atoms in total. The van der Waals surface area contributed by atoms with Crippen LogP contribution in [0.4, 0.5) is 0 Å². The third-order valence-corrected chi connectivity index (χ3v) is 7.06. The van der Waals surface area contributed by atoms with Gasteiger partial charge >= 0.3 is 0 Å². The van der Waals surface area contributed by atoms with Gasteiger partial charge in [0.25, 0.3) is 0 Å². The number of rotatable bonds is 6. The van der Waals surface area contributed by atoms with Crippen molar-refractivity contribution < 1.29 is 8.42 Å². The molecule has 172 valence electrons. The van der Waals surface area contributed by atoms with Crippen LogP contribution in [-0.2, 0) is 22.3 Å². The lowest BCUT2D eigenvalue weighted by Gasteiger charge is -2.10. The maximum absolute atomic E-state index is 13.5. The molecule has 0 radical (unpaired) electrons. The van der Waals surface area contributed by atoms with Crippen molar-refractivity contribution in [1.82, 2.24) is 24.9 Å². The van der Waals surface area contributed by atoms with Crippen LogP contribution < -0.4 is 10.2 Å². The first-order valence-corrected chi connectivity index (χ1v) is 12.4. The Morgan fingerprint density at radius 2 is 1.97 bits per heavy atom. The first-order valence-electron chi connectivity index (χ1n) is 10.7. The molecule has 0 amide bonds. The number of hydrazone groups is 1. The molecule has 10 heteroatoms. The Hall–Kier alpha value is -3.76. The standard InChI is InChI=1S/C24H22N6O3S/c1-30-14-19(12-27-30)18-10-22-23(25-11-18)7-6-17-5-4-16(9-21(17)24(22)31)15-34(32,33)28-13-20-3-2-8-26-29-20/h2-12,19,28H,13-15H2,1H3. The first kappa shape index (κ1) is 22.1. The zero-order valence-electron chi connectivity index (χ0n) is 18.4. The van der Waals surface area contributed by atoms with Crippen molar-refractivity contribution in [3.63, 3.8) is 0 Å². The van der Waals surface area contributed by atoms with Gasteiger partial charge in [-0.15, -0.1) is 0 Å². The minimum Gasteiger partial charge on any atom is -0.299 e. The van der Waals surface area contributed by atoms with Gasteiger partial charge in [0.15, 0.2) is 5.43 Å². The summed E-state index contributed by atoms with van der Waals surface area (Å²) in [6.45, 7) is 0.773. The van der Waals surface area contributed by atoms with Crippen molar-refractivity contribution in [1.29, 1.82) is 0 Å². The number of aromatic nitrogens is 3. The molecule has 3 heterocycles. The SMILES string of the molecule is CN1CC(c2cnc3ccc4ccc(CS(=O)(=O)NCc5cccnn5)cc4c(=O)c3c2)C=N1. The van der Waals surface area contributed by atoms with E-state index in [1.807, 2.05) is 36.5 Å². The van der Waals surface area contributed by atoms with E-state index in [2.05, 4.69) is 25.0 Å². The molecule has 5 rings (SSSR count). The molecule has 1 unspecified atom stereocenters. The van der Waals surface area contributed by atoms with E-state index in [1.165, 1.54) is 6.20 Å². The minimum absolute atomic E-state index is 0.0459. The zero-order chi connectivity index (χ0) is 23.7. The molecule has 0 saturated carbocycles. The lowest BCUT2D eigenvalue weighted by atomic mass is 10.0. The van der Waals surface area contributed by atoms with Gasteiger partial charge in [0.05, 0.1) is 23.5 Å². The van der Waals surface area contributed by atoms with Gasteiger partial charge < -0.3 is 0 Å². The molecule has 1 aliphatic heterocycles. The summed E-state index contributed by atoms with van der Waals surface area (Å²) in [5, 5.41) is 15.4. The molecular weight excluding hydrogens is 452 g/mol. The van der Waals surface area contributed by atoms with Gasteiger partial charge in [-0.25, -0.2) is 13.1 Å². The fourth-order valence-corrected chi connectivity index (χ4v) is 5.09. The molecule has 0 fully saturated rings. The highest BCUT2D eigenvalue weighted by atomic mass is 32.2. The van der Waals surface area contributed by atoms with Gasteiger partial charge in [0.1, 0.15) is 0 Å². The Morgan fingerprint density at radius 3 is 2.74 bits per heavy atom. The van der Waals surface area contributed by atoms with Crippen LogP contribution in [-0.4, -0.2) is 48.4 Å². The maximum Gasteiger partial charge on any atom is 0.216 e. The Bertz CT molecular complexity index is 1580. The van der Waals surface area contributed by atoms with Crippen LogP contribution in [0.15, 0.2) is 70.8 Å². The van der Waals surface area contributed by atoms with E-state index in [1.54, 1.807) is 36.5 Å². The minimum atomic E-state index is -3.65. The number of fused-ring (bicyclic) bond motifs is 2. The average molecular weight is 475 g/mol. The van der Waals surface area contributed by atoms with Crippen molar-refractivity contribution in [3.8, 4) is 0 Å². The van der Waals surface area contributed by atoms with E-state index in [4.69, 9.17) is 0 Å². The number of pyridine rings is 1. The van der Waals surface area contributed by atoms with Crippen LogP contribution in [0, 0.1) is 0 Å². The van der Waals surface area contributed by atoms with Gasteiger partial charge in [0, 0.05) is 48.9 Å². The van der Waals surface area contributed by atoms with E-state index < -0.39 is 10.0 Å². The molecule has 0 aliphatic carbocycles. The highest BCUT2D eigenvalue weighted by molar-refractivity contribution is 7.88. The first-order chi connectivity index (χ1) is 16.4. The second kappa shape index (κ2) is 8.88. The lowest BCUT2D eigenvalue weighted by Crippen LogP contribution is -2.25. The molecule has 0 saturated heterocycles. The van der Waals surface area contributed by atoms with E-state index in [0.29, 0.717) is 27.5 Å². The highest BCUT2D eigenvalue weighted by Crippen LogP contribution is 2.23. The topological polar surface area (TPSA) is 118 Å². The summed E-state index contributed by atoms with van der Waals surface area (Å²) in [5.74, 6) is -0.188. The molecular formula is C24H22N6O3S. The summed E-state index contributed by atoms with van der Waals surface area (Å²) in [4.78, 5) is 18.0. The number of sulfonamides is 1. The molecule has 2 aromatic heterocycles. The Morgan fingerprint density at radius 1 is 1.12 bits per heavy atom. The van der Waals surface area contributed by atoms with Gasteiger partial charge in [0.2, 0.25) is 10.0 Å². The molecule has 0 bridgehead atoms. The number of likely N-dealkylation sites (N-methyl/N-ethyl adjacent to an activating group) is 1. The average Bonchev–Trinajstić information content (AvgIpc) is 3.22. The van der Waals surface area contributed by atoms with E-state index in [-0.39, 0.29) is 23.6 Å². The third-order valence-electron chi connectivity index (χ3n) is 5.76. The Balaban J connectivity index is 1.48. The predicted molar refractivity (Wildman–Crippen MR) is 131 cm³/mol. The third kappa shape index (κ3) is 4.63. The van der Waals surface area contributed by atoms with Crippen molar-refractivity contribution in [2.45, 2.75) is 18.2 Å². The van der Waals surface area contributed by atoms with Crippen LogP contribution >= 0.6 is 0 Å². The molecule has 2 aromatic carbocycles. The van der Waals surface area contributed by atoms with E-state index in [0.717, 1.165) is 17.5 Å². The van der Waals surface area contributed by atoms with Crippen LogP contribution in [0.5, 0.6) is 0 Å². The number of hydrogen-bond acceptors (Lipinski definition) is 8. The molecule has 34 heavy (non-hydrogen) atoms. The van der Waals surface area contributed by atoms with Crippen molar-refractivity contribution >= 4 is 37.9 Å². The van der Waals surface area contributed by atoms with Crippen LogP contribution in [0.3, 0.4) is 0 Å². The molecule has 1 N–H and O–H groups in total. The highest BCUT2D eigenvalue weighted by Gasteiger charge is 2.18. The van der Waals surface area contributed by atoms with Crippen LogP contribution in [0.2, 0.25) is 0 Å². The number of benzene rings is 1. The predicted octanol–water partition coefficient (Wildman–Crippen LogP) is 2.17. The molecule has 1 aliphatic rings. The Kier molecular flexibility index (Phi) is 5.76. The molecule has 0 spiro atoms. The quantitative estimate of drug-likeness (QED) is 0.455. The summed E-state index contributed by atoms with van der Waals surface area (Å²) in [6.07, 6.45) is 5.16. The lowest BCUT2D eigenvalue weighted by molar-refractivity contribution is 0.381. The zero-order valence-corrected chi connectivity index (χ0v) is 19.2. The molecule has 1 atom stereocenters. The smallest absolute Gasteiger partial charge is 0.216 e. The summed E-state index contributed by atoms with van der Waals surface area (Å²) in [6, 6.07) is 14.0. The summed E-state index contributed by atoms with van der Waals surface area (Å²) < 4.78 is 27.8. The monoisotopic (exact) mass is 474 g/mol. The summed E-state index contributed by atoms with van der Waals surface area (Å²) in [5.41, 5.74) is 2.37. The van der Waals surface area contributed by atoms with Crippen LogP contribution in [0.25, 0.3) is 21.7 Å². The van der Waals surface area contributed by atoms with Crippen LogP contribution in [0.1, 0.15) is 22.7 Å². The van der Waals surface area contributed by atoms with Crippen molar-refractivity contribution in [2.75, 3.05) is 13.6 Å². The normalized spacial score (nSPS) is 15.9. The number of nitrogens with one attached hydrogen (secondary N) is 1. The van der Waals surface area contributed by atoms with Crippen molar-refractivity contribution in [2.24, 2.45) is 5.10 Å². The Labute approximate surface area is 196 Å². The van der Waals surface area contributed by atoms with Gasteiger partial charge in [-0.3, -0.25) is 14.8 Å². The second-order valence-electron chi connectivity index (χ2n) is 8.29. The van der Waals surface area contributed by atoms with E-state index >= 15 is 0 Å². The number of nitrogens with zero attached hydrogens (tertiary/aromatic N) is 5. The number of hydrogen-bond donors (Lipinski definition) is 1. The van der Waals surface area contributed by atoms with Gasteiger partial charge in [-0.2, -0.15) is 15.3 Å². The molecule has 4 aromatic rings. The van der Waals surface area contributed by atoms with Crippen molar-refractivity contribution in [3.05, 3.63) is 88.0 Å². The fourth-order valence-electron chi connectivity index (χ4n) is 4.00. The summed E-state index contributed by atoms with van der Waals surface area (Å²) in [7, 11) is -1.75. The second-order valence-corrected chi connectivity index (χ2v) is 10.1.